The van der Waals surface area contributed by atoms with E-state index in [0.717, 1.165) is 6.29 Å². The van der Waals surface area contributed by atoms with Crippen molar-refractivity contribution in [3.05, 3.63) is 23.8 Å². The number of carbonyl (C=O) groups is 1. The molecule has 0 saturated carbocycles. The molecule has 0 aliphatic rings. The Bertz CT molecular complexity index is 535. The van der Waals surface area contributed by atoms with Gasteiger partial charge in [-0.15, -0.1) is 0 Å². The van der Waals surface area contributed by atoms with Crippen molar-refractivity contribution >= 4 is 17.3 Å². The number of methoxy groups -OCH3 is 2. The smallest absolute Gasteiger partial charge is 0.215 e. The zero-order valence-corrected chi connectivity index (χ0v) is 8.93. The van der Waals surface area contributed by atoms with Gasteiger partial charge in [0, 0.05) is 23.1 Å². The quantitative estimate of drug-likeness (QED) is 0.730. The molecule has 0 amide bonds. The van der Waals surface area contributed by atoms with E-state index in [1.807, 2.05) is 0 Å². The summed E-state index contributed by atoms with van der Waals surface area (Å²) in [6, 6.07) is 5.00. The summed E-state index contributed by atoms with van der Waals surface area (Å²) in [6.45, 7) is 0. The molecule has 0 fully saturated rings. The summed E-state index contributed by atoms with van der Waals surface area (Å²) in [4.78, 5) is 19.2. The zero-order valence-electron chi connectivity index (χ0n) is 8.93. The highest BCUT2D eigenvalue weighted by molar-refractivity contribution is 5.95. The van der Waals surface area contributed by atoms with E-state index >= 15 is 0 Å². The van der Waals surface area contributed by atoms with Gasteiger partial charge in [-0.25, -0.2) is 0 Å². The number of fused-ring (bicyclic) bond motifs is 1. The van der Waals surface area contributed by atoms with Crippen LogP contribution in [-0.2, 0) is 0 Å². The molecule has 16 heavy (non-hydrogen) atoms. The van der Waals surface area contributed by atoms with Crippen molar-refractivity contribution < 1.29 is 14.3 Å². The molecular weight excluding hydrogens is 208 g/mol. The summed E-state index contributed by atoms with van der Waals surface area (Å²) in [6.07, 6.45) is 0.751. The molecule has 0 atom stereocenters. The highest BCUT2D eigenvalue weighted by Gasteiger charge is 2.07. The second-order valence-electron chi connectivity index (χ2n) is 3.10. The first-order valence-electron chi connectivity index (χ1n) is 4.63. The lowest BCUT2D eigenvalue weighted by Crippen LogP contribution is -1.96. The molecule has 0 spiro atoms. The van der Waals surface area contributed by atoms with Crippen molar-refractivity contribution in [2.75, 3.05) is 14.2 Å². The van der Waals surface area contributed by atoms with E-state index in [1.54, 1.807) is 18.2 Å². The van der Waals surface area contributed by atoms with Crippen LogP contribution < -0.4 is 9.47 Å². The molecule has 0 bridgehead atoms. The second-order valence-corrected chi connectivity index (χ2v) is 3.10. The molecule has 2 aromatic heterocycles. The van der Waals surface area contributed by atoms with Gasteiger partial charge < -0.3 is 9.47 Å². The van der Waals surface area contributed by atoms with Crippen molar-refractivity contribution in [2.45, 2.75) is 0 Å². The number of rotatable bonds is 3. The van der Waals surface area contributed by atoms with Crippen LogP contribution in [0.15, 0.2) is 18.2 Å². The highest BCUT2D eigenvalue weighted by Crippen LogP contribution is 2.21. The van der Waals surface area contributed by atoms with Gasteiger partial charge in [-0.05, 0) is 6.07 Å². The number of aldehydes is 1. The summed E-state index contributed by atoms with van der Waals surface area (Å²) in [7, 11) is 3.01. The van der Waals surface area contributed by atoms with E-state index in [-0.39, 0.29) is 0 Å². The average molecular weight is 218 g/mol. The normalized spacial score (nSPS) is 10.1. The molecule has 0 aromatic carbocycles. The van der Waals surface area contributed by atoms with Crippen LogP contribution in [0.2, 0.25) is 0 Å². The summed E-state index contributed by atoms with van der Waals surface area (Å²) >= 11 is 0. The van der Waals surface area contributed by atoms with Crippen molar-refractivity contribution in [3.63, 3.8) is 0 Å². The van der Waals surface area contributed by atoms with Gasteiger partial charge in [0.05, 0.1) is 14.2 Å². The summed E-state index contributed by atoms with van der Waals surface area (Å²) in [5.41, 5.74) is 0.929. The lowest BCUT2D eigenvalue weighted by molar-refractivity contribution is 0.112. The zero-order chi connectivity index (χ0) is 11.5. The van der Waals surface area contributed by atoms with Crippen LogP contribution in [-0.4, -0.2) is 30.5 Å². The Morgan fingerprint density at radius 2 is 1.81 bits per heavy atom. The number of carbonyl (C=O) groups excluding carboxylic acids is 1. The number of hydrogen-bond acceptors (Lipinski definition) is 5. The molecule has 0 N–H and O–H groups in total. The first-order chi connectivity index (χ1) is 7.78. The maximum atomic E-state index is 10.9. The van der Waals surface area contributed by atoms with Crippen LogP contribution in [0.25, 0.3) is 11.0 Å². The predicted octanol–water partition coefficient (Wildman–Crippen LogP) is 1.46. The fraction of sp³-hybridized carbons (Fsp3) is 0.182. The number of aromatic nitrogens is 2. The summed E-state index contributed by atoms with van der Waals surface area (Å²) in [5.74, 6) is 0.806. The first-order valence-corrected chi connectivity index (χ1v) is 4.63. The molecule has 5 nitrogen and oxygen atoms in total. The van der Waals surface area contributed by atoms with E-state index in [9.17, 15) is 4.79 Å². The van der Waals surface area contributed by atoms with Crippen LogP contribution in [0, 0.1) is 0 Å². The Kier molecular flexibility index (Phi) is 2.68. The third-order valence-corrected chi connectivity index (χ3v) is 2.20. The van der Waals surface area contributed by atoms with Gasteiger partial charge >= 0.3 is 0 Å². The fourth-order valence-electron chi connectivity index (χ4n) is 1.40. The van der Waals surface area contributed by atoms with E-state index in [4.69, 9.17) is 9.47 Å². The highest BCUT2D eigenvalue weighted by atomic mass is 16.5. The minimum absolute atomic E-state index is 0.357. The first kappa shape index (κ1) is 10.4. The molecule has 82 valence electrons. The van der Waals surface area contributed by atoms with Crippen molar-refractivity contribution in [3.8, 4) is 11.8 Å². The van der Waals surface area contributed by atoms with Gasteiger partial charge in [0.15, 0.2) is 11.9 Å². The van der Waals surface area contributed by atoms with Crippen LogP contribution in [0.5, 0.6) is 11.8 Å². The minimum Gasteiger partial charge on any atom is -0.481 e. The van der Waals surface area contributed by atoms with Gasteiger partial charge in [0.1, 0.15) is 0 Å². The third kappa shape index (κ3) is 1.67. The number of ether oxygens (including phenoxy) is 2. The van der Waals surface area contributed by atoms with Crippen molar-refractivity contribution in [1.82, 2.24) is 9.97 Å². The molecule has 2 heterocycles. The van der Waals surface area contributed by atoms with E-state index < -0.39 is 0 Å². The minimum atomic E-state index is 0.357. The third-order valence-electron chi connectivity index (χ3n) is 2.20. The molecule has 0 saturated heterocycles. The Hall–Kier alpha value is -2.17. The fourth-order valence-corrected chi connectivity index (χ4v) is 1.40. The van der Waals surface area contributed by atoms with Crippen LogP contribution in [0.3, 0.4) is 0 Å². The van der Waals surface area contributed by atoms with Crippen LogP contribution in [0.1, 0.15) is 10.4 Å². The maximum absolute atomic E-state index is 10.9. The molecule has 2 rings (SSSR count). The lowest BCUT2D eigenvalue weighted by atomic mass is 10.2. The second kappa shape index (κ2) is 4.14. The summed E-state index contributed by atoms with van der Waals surface area (Å²) < 4.78 is 9.98. The van der Waals surface area contributed by atoms with Crippen LogP contribution >= 0.6 is 0 Å². The Morgan fingerprint density at radius 1 is 1.12 bits per heavy atom. The van der Waals surface area contributed by atoms with E-state index in [2.05, 4.69) is 9.97 Å². The molecule has 5 heteroatoms. The Balaban J connectivity index is 2.73. The van der Waals surface area contributed by atoms with Crippen LogP contribution in [0.4, 0.5) is 0 Å². The monoisotopic (exact) mass is 218 g/mol. The summed E-state index contributed by atoms with van der Waals surface area (Å²) in [5, 5.41) is 0.677. The molecule has 0 aliphatic heterocycles. The predicted molar refractivity (Wildman–Crippen MR) is 58.0 cm³/mol. The Labute approximate surface area is 92.0 Å². The molecule has 0 aliphatic carbocycles. The largest absolute Gasteiger partial charge is 0.481 e. The Morgan fingerprint density at radius 3 is 2.44 bits per heavy atom. The topological polar surface area (TPSA) is 61.3 Å². The molecular formula is C11H10N2O3. The maximum Gasteiger partial charge on any atom is 0.215 e. The number of hydrogen-bond donors (Lipinski definition) is 0. The SMILES string of the molecule is COc1ccc2c(C=O)cc(OC)nc2n1. The van der Waals surface area contributed by atoms with Gasteiger partial charge in [0.2, 0.25) is 11.8 Å². The van der Waals surface area contributed by atoms with Crippen molar-refractivity contribution in [2.24, 2.45) is 0 Å². The average Bonchev–Trinajstić information content (AvgIpc) is 2.36. The molecule has 0 radical (unpaired) electrons. The lowest BCUT2D eigenvalue weighted by Gasteiger charge is -2.05. The standard InChI is InChI=1S/C11H10N2O3/c1-15-9-4-3-8-7(6-14)5-10(16-2)13-11(8)12-9/h3-6H,1-2H3. The van der Waals surface area contributed by atoms with Gasteiger partial charge in [-0.3, -0.25) is 4.79 Å². The van der Waals surface area contributed by atoms with E-state index in [0.29, 0.717) is 28.4 Å². The van der Waals surface area contributed by atoms with Crippen molar-refractivity contribution in [1.29, 1.82) is 0 Å². The number of nitrogens with zero attached hydrogens (tertiary/aromatic N) is 2. The van der Waals surface area contributed by atoms with Gasteiger partial charge in [-0.1, -0.05) is 0 Å². The van der Waals surface area contributed by atoms with Gasteiger partial charge in [0.25, 0.3) is 0 Å². The van der Waals surface area contributed by atoms with Gasteiger partial charge in [-0.2, -0.15) is 9.97 Å². The molecule has 0 unspecified atom stereocenters. The van der Waals surface area contributed by atoms with E-state index in [1.165, 1.54) is 14.2 Å². The number of pyridine rings is 2. The molecule has 2 aromatic rings.